The molecule has 0 bridgehead atoms. The molecular formula is C38H45N7O3. The number of benzene rings is 1. The van der Waals surface area contributed by atoms with Crippen LogP contribution in [0.15, 0.2) is 67.0 Å². The van der Waals surface area contributed by atoms with Crippen LogP contribution in [-0.2, 0) is 35.0 Å². The van der Waals surface area contributed by atoms with Gasteiger partial charge in [0, 0.05) is 54.9 Å². The molecule has 0 amide bonds. The topological polar surface area (TPSA) is 109 Å². The van der Waals surface area contributed by atoms with Gasteiger partial charge >= 0.3 is 0 Å². The Labute approximate surface area is 281 Å². The zero-order valence-corrected chi connectivity index (χ0v) is 28.6. The van der Waals surface area contributed by atoms with Crippen molar-refractivity contribution in [1.82, 2.24) is 29.3 Å². The van der Waals surface area contributed by atoms with E-state index in [1.54, 1.807) is 18.5 Å². The first-order chi connectivity index (χ1) is 23.1. The molecule has 1 aromatic carbocycles. The first kappa shape index (κ1) is 32.0. The van der Waals surface area contributed by atoms with Gasteiger partial charge in [-0.3, -0.25) is 14.5 Å². The van der Waals surface area contributed by atoms with Crippen LogP contribution in [0.2, 0.25) is 0 Å². The normalized spacial score (nSPS) is 19.3. The predicted octanol–water partition coefficient (Wildman–Crippen LogP) is 7.86. The van der Waals surface area contributed by atoms with Crippen molar-refractivity contribution in [2.45, 2.75) is 84.3 Å². The van der Waals surface area contributed by atoms with Crippen LogP contribution in [0.25, 0.3) is 11.2 Å². The SMILES string of the molecule is CCC1(COCc2ccccc2)CC(n2nc(Nc3nc4ncc(Oc5ccnc(CC(=O)C6CC6)c5)cc4n3C)cc2C(C)(C)C)C1. The average molecular weight is 648 g/mol. The number of aromatic nitrogens is 6. The van der Waals surface area contributed by atoms with Crippen molar-refractivity contribution < 1.29 is 14.3 Å². The molecule has 0 saturated heterocycles. The van der Waals surface area contributed by atoms with Crippen LogP contribution in [0.4, 0.5) is 11.8 Å². The fourth-order valence-corrected chi connectivity index (χ4v) is 6.69. The van der Waals surface area contributed by atoms with Gasteiger partial charge in [0.15, 0.2) is 11.5 Å². The Kier molecular flexibility index (Phi) is 8.53. The molecule has 10 heteroatoms. The van der Waals surface area contributed by atoms with Crippen molar-refractivity contribution in [3.05, 3.63) is 83.9 Å². The highest BCUT2D eigenvalue weighted by Crippen LogP contribution is 2.52. The number of carbonyl (C=O) groups excluding carboxylic acids is 1. The van der Waals surface area contributed by atoms with E-state index in [2.05, 4.69) is 78.0 Å². The third-order valence-electron chi connectivity index (χ3n) is 9.82. The van der Waals surface area contributed by atoms with E-state index in [1.165, 1.54) is 11.3 Å². The second kappa shape index (κ2) is 12.8. The Hall–Kier alpha value is -4.57. The molecule has 2 aliphatic rings. The van der Waals surface area contributed by atoms with Crippen LogP contribution in [-0.4, -0.2) is 41.7 Å². The summed E-state index contributed by atoms with van der Waals surface area (Å²) in [5, 5.41) is 8.55. The van der Waals surface area contributed by atoms with Crippen LogP contribution >= 0.6 is 0 Å². The molecule has 1 N–H and O–H groups in total. The van der Waals surface area contributed by atoms with Gasteiger partial charge < -0.3 is 19.4 Å². The maximum absolute atomic E-state index is 12.3. The summed E-state index contributed by atoms with van der Waals surface area (Å²) in [5.74, 6) is 3.07. The number of ether oxygens (including phenoxy) is 2. The number of pyridine rings is 2. The van der Waals surface area contributed by atoms with E-state index >= 15 is 0 Å². The zero-order chi connectivity index (χ0) is 33.5. The summed E-state index contributed by atoms with van der Waals surface area (Å²) in [6.45, 7) is 10.4. The Bertz CT molecular complexity index is 1910. The first-order valence-electron chi connectivity index (χ1n) is 17.1. The maximum Gasteiger partial charge on any atom is 0.210 e. The quantitative estimate of drug-likeness (QED) is 0.138. The lowest BCUT2D eigenvalue weighted by molar-refractivity contribution is -0.119. The predicted molar refractivity (Wildman–Crippen MR) is 186 cm³/mol. The lowest BCUT2D eigenvalue weighted by Gasteiger charge is -2.48. The highest BCUT2D eigenvalue weighted by Gasteiger charge is 2.45. The molecule has 4 aromatic heterocycles. The van der Waals surface area contributed by atoms with Crippen molar-refractivity contribution in [2.24, 2.45) is 18.4 Å². The number of carbonyl (C=O) groups is 1. The minimum absolute atomic E-state index is 0.0840. The molecule has 7 rings (SSSR count). The van der Waals surface area contributed by atoms with E-state index in [1.807, 2.05) is 29.8 Å². The van der Waals surface area contributed by atoms with E-state index in [9.17, 15) is 4.79 Å². The van der Waals surface area contributed by atoms with Crippen molar-refractivity contribution in [3.63, 3.8) is 0 Å². The summed E-state index contributed by atoms with van der Waals surface area (Å²) in [7, 11) is 1.95. The number of fused-ring (bicyclic) bond motifs is 1. The number of rotatable bonds is 13. The molecule has 250 valence electrons. The van der Waals surface area contributed by atoms with Crippen LogP contribution < -0.4 is 10.1 Å². The Morgan fingerprint density at radius 1 is 1.04 bits per heavy atom. The number of anilines is 2. The highest BCUT2D eigenvalue weighted by molar-refractivity contribution is 5.85. The van der Waals surface area contributed by atoms with Gasteiger partial charge in [0.2, 0.25) is 5.95 Å². The Morgan fingerprint density at radius 2 is 1.83 bits per heavy atom. The lowest BCUT2D eigenvalue weighted by Crippen LogP contribution is -2.43. The number of Topliss-reactive ketones (excluding diaryl/α,β-unsaturated/α-hetero) is 1. The Balaban J connectivity index is 1.04. The summed E-state index contributed by atoms with van der Waals surface area (Å²) in [6, 6.07) is 18.4. The van der Waals surface area contributed by atoms with Gasteiger partial charge in [-0.1, -0.05) is 58.0 Å². The summed E-state index contributed by atoms with van der Waals surface area (Å²) >= 11 is 0. The average Bonchev–Trinajstić information content (AvgIpc) is 3.75. The summed E-state index contributed by atoms with van der Waals surface area (Å²) in [5.41, 5.74) is 4.63. The molecule has 48 heavy (non-hydrogen) atoms. The Morgan fingerprint density at radius 3 is 2.56 bits per heavy atom. The maximum atomic E-state index is 12.3. The third kappa shape index (κ3) is 6.85. The second-order valence-electron chi connectivity index (χ2n) is 14.6. The van der Waals surface area contributed by atoms with Crippen molar-refractivity contribution >= 4 is 28.7 Å². The summed E-state index contributed by atoms with van der Waals surface area (Å²) in [6.07, 6.45) is 8.83. The molecule has 2 fully saturated rings. The molecule has 4 heterocycles. The first-order valence-corrected chi connectivity index (χ1v) is 17.1. The fourth-order valence-electron chi connectivity index (χ4n) is 6.69. The van der Waals surface area contributed by atoms with Crippen LogP contribution in [0.3, 0.4) is 0 Å². The number of imidazole rings is 1. The number of hydrogen-bond acceptors (Lipinski definition) is 8. The number of aryl methyl sites for hydroxylation is 1. The van der Waals surface area contributed by atoms with E-state index in [-0.39, 0.29) is 22.5 Å². The lowest BCUT2D eigenvalue weighted by atomic mass is 9.64. The van der Waals surface area contributed by atoms with Crippen molar-refractivity contribution in [1.29, 1.82) is 0 Å². The third-order valence-corrected chi connectivity index (χ3v) is 9.82. The largest absolute Gasteiger partial charge is 0.456 e. The standard InChI is InChI=1S/C38H45N7O3/c1-6-38(24-47-23-25-10-8-7-9-11-25)20-28(21-38)45-33(37(2,3)4)19-34(43-45)41-36-42-35-31(44(36)5)18-30(22-40-35)48-29-14-15-39-27(16-29)17-32(46)26-12-13-26/h7-11,14-16,18-19,22,26,28H,6,12-13,17,20-21,23-24H2,1-5H3,(H,40,41,42,43). The molecule has 0 unspecified atom stereocenters. The fraction of sp³-hybridized carbons (Fsp3) is 0.447. The number of hydrogen-bond donors (Lipinski definition) is 1. The number of ketones is 1. The highest BCUT2D eigenvalue weighted by atomic mass is 16.5. The van der Waals surface area contributed by atoms with Gasteiger partial charge in [-0.2, -0.15) is 10.1 Å². The van der Waals surface area contributed by atoms with E-state index < -0.39 is 0 Å². The molecule has 2 saturated carbocycles. The second-order valence-corrected chi connectivity index (χ2v) is 14.6. The van der Waals surface area contributed by atoms with Crippen LogP contribution in [0.1, 0.15) is 82.8 Å². The minimum atomic E-state index is -0.0840. The van der Waals surface area contributed by atoms with Crippen molar-refractivity contribution in [2.75, 3.05) is 11.9 Å². The molecule has 0 aliphatic heterocycles. The van der Waals surface area contributed by atoms with Gasteiger partial charge in [0.1, 0.15) is 17.3 Å². The van der Waals surface area contributed by atoms with E-state index in [4.69, 9.17) is 19.6 Å². The molecule has 0 atom stereocenters. The zero-order valence-electron chi connectivity index (χ0n) is 28.6. The summed E-state index contributed by atoms with van der Waals surface area (Å²) in [4.78, 5) is 26.0. The molecule has 0 spiro atoms. The van der Waals surface area contributed by atoms with Crippen LogP contribution in [0.5, 0.6) is 11.5 Å². The van der Waals surface area contributed by atoms with Gasteiger partial charge in [0.25, 0.3) is 0 Å². The number of nitrogens with zero attached hydrogens (tertiary/aromatic N) is 6. The van der Waals surface area contributed by atoms with E-state index in [0.717, 1.165) is 55.7 Å². The molecular weight excluding hydrogens is 602 g/mol. The van der Waals surface area contributed by atoms with E-state index in [0.29, 0.717) is 42.2 Å². The molecule has 2 aliphatic carbocycles. The van der Waals surface area contributed by atoms with Crippen molar-refractivity contribution in [3.8, 4) is 11.5 Å². The van der Waals surface area contributed by atoms with Crippen LogP contribution in [0, 0.1) is 11.3 Å². The van der Waals surface area contributed by atoms with Gasteiger partial charge in [0.05, 0.1) is 36.7 Å². The molecule has 10 nitrogen and oxygen atoms in total. The number of nitrogens with one attached hydrogen (secondary N) is 1. The van der Waals surface area contributed by atoms with Gasteiger partial charge in [-0.25, -0.2) is 4.98 Å². The van der Waals surface area contributed by atoms with Gasteiger partial charge in [-0.05, 0) is 49.1 Å². The monoisotopic (exact) mass is 647 g/mol. The molecule has 0 radical (unpaired) electrons. The summed E-state index contributed by atoms with van der Waals surface area (Å²) < 4.78 is 16.5. The molecule has 5 aromatic rings. The minimum Gasteiger partial charge on any atom is -0.456 e. The van der Waals surface area contributed by atoms with Gasteiger partial charge in [-0.15, -0.1) is 0 Å². The smallest absolute Gasteiger partial charge is 0.210 e.